The molecule has 6 heteroatoms. The number of benzene rings is 1. The zero-order valence-corrected chi connectivity index (χ0v) is 16.2. The van der Waals surface area contributed by atoms with Gasteiger partial charge in [-0.3, -0.25) is 4.99 Å². The third-order valence-electron chi connectivity index (χ3n) is 5.26. The number of guanidine groups is 1. The molecular weight excluding hydrogens is 353 g/mol. The number of pyridine rings is 1. The zero-order valence-electron chi connectivity index (χ0n) is 16.2. The SMILES string of the molecule is CCNC(=NCC1(c2cccc(F)c2)CC1)NCCc1cn2ccccc2n1. The summed E-state index contributed by atoms with van der Waals surface area (Å²) in [5.74, 6) is 0.624. The normalized spacial score (nSPS) is 15.6. The van der Waals surface area contributed by atoms with Crippen LogP contribution in [0.4, 0.5) is 4.39 Å². The van der Waals surface area contributed by atoms with E-state index in [0.717, 1.165) is 55.2 Å². The van der Waals surface area contributed by atoms with E-state index < -0.39 is 0 Å². The van der Waals surface area contributed by atoms with Gasteiger partial charge in [0.1, 0.15) is 11.5 Å². The Hall–Kier alpha value is -2.89. The van der Waals surface area contributed by atoms with Gasteiger partial charge in [-0.1, -0.05) is 18.2 Å². The number of halogens is 1. The molecule has 1 aliphatic carbocycles. The van der Waals surface area contributed by atoms with E-state index in [-0.39, 0.29) is 11.2 Å². The number of hydrogen-bond acceptors (Lipinski definition) is 2. The first-order valence-corrected chi connectivity index (χ1v) is 9.89. The molecule has 2 aromatic heterocycles. The fourth-order valence-electron chi connectivity index (χ4n) is 3.50. The van der Waals surface area contributed by atoms with Crippen LogP contribution >= 0.6 is 0 Å². The van der Waals surface area contributed by atoms with Crippen molar-refractivity contribution in [2.75, 3.05) is 19.6 Å². The average molecular weight is 379 g/mol. The largest absolute Gasteiger partial charge is 0.357 e. The Morgan fingerprint density at radius 3 is 2.86 bits per heavy atom. The number of rotatable bonds is 7. The third kappa shape index (κ3) is 4.16. The first kappa shape index (κ1) is 18.5. The van der Waals surface area contributed by atoms with E-state index in [1.807, 2.05) is 34.9 Å². The molecule has 5 nitrogen and oxygen atoms in total. The van der Waals surface area contributed by atoms with Crippen LogP contribution in [0.2, 0.25) is 0 Å². The van der Waals surface area contributed by atoms with Crippen LogP contribution in [0.1, 0.15) is 31.0 Å². The minimum Gasteiger partial charge on any atom is -0.357 e. The highest BCUT2D eigenvalue weighted by atomic mass is 19.1. The van der Waals surface area contributed by atoms with Gasteiger partial charge in [-0.2, -0.15) is 0 Å². The Balaban J connectivity index is 1.37. The number of fused-ring (bicyclic) bond motifs is 1. The van der Waals surface area contributed by atoms with Crippen LogP contribution in [-0.2, 0) is 11.8 Å². The Bertz CT molecular complexity index is 941. The lowest BCUT2D eigenvalue weighted by Gasteiger charge is -2.16. The maximum absolute atomic E-state index is 13.6. The van der Waals surface area contributed by atoms with E-state index in [9.17, 15) is 4.39 Å². The molecule has 28 heavy (non-hydrogen) atoms. The molecular formula is C22H26FN5. The summed E-state index contributed by atoms with van der Waals surface area (Å²) in [4.78, 5) is 9.40. The van der Waals surface area contributed by atoms with E-state index in [1.54, 1.807) is 12.1 Å². The van der Waals surface area contributed by atoms with Crippen molar-refractivity contribution in [1.82, 2.24) is 20.0 Å². The molecule has 3 aromatic rings. The number of hydrogen-bond donors (Lipinski definition) is 2. The van der Waals surface area contributed by atoms with Gasteiger partial charge in [0.05, 0.1) is 12.2 Å². The van der Waals surface area contributed by atoms with Crippen molar-refractivity contribution in [1.29, 1.82) is 0 Å². The van der Waals surface area contributed by atoms with Gasteiger partial charge in [-0.25, -0.2) is 9.37 Å². The minimum absolute atomic E-state index is 0.00789. The number of imidazole rings is 1. The summed E-state index contributed by atoms with van der Waals surface area (Å²) < 4.78 is 15.6. The van der Waals surface area contributed by atoms with Crippen LogP contribution in [0, 0.1) is 5.82 Å². The fourth-order valence-corrected chi connectivity index (χ4v) is 3.50. The monoisotopic (exact) mass is 379 g/mol. The molecule has 1 aromatic carbocycles. The van der Waals surface area contributed by atoms with Crippen molar-refractivity contribution in [3.05, 3.63) is 71.9 Å². The predicted molar refractivity (Wildman–Crippen MR) is 110 cm³/mol. The molecule has 0 saturated heterocycles. The second kappa shape index (κ2) is 8.00. The van der Waals surface area contributed by atoms with Gasteiger partial charge in [0.2, 0.25) is 0 Å². The van der Waals surface area contributed by atoms with Crippen molar-refractivity contribution >= 4 is 11.6 Å². The van der Waals surface area contributed by atoms with E-state index in [0.29, 0.717) is 6.54 Å². The molecule has 146 valence electrons. The molecule has 1 aliphatic rings. The summed E-state index contributed by atoms with van der Waals surface area (Å²) >= 11 is 0. The Labute approximate surface area is 164 Å². The molecule has 0 radical (unpaired) electrons. The van der Waals surface area contributed by atoms with Gasteiger partial charge < -0.3 is 15.0 Å². The van der Waals surface area contributed by atoms with Crippen LogP contribution in [0.3, 0.4) is 0 Å². The van der Waals surface area contributed by atoms with Gasteiger partial charge in [-0.05, 0) is 49.6 Å². The maximum Gasteiger partial charge on any atom is 0.191 e. The van der Waals surface area contributed by atoms with Crippen molar-refractivity contribution in [3.8, 4) is 0 Å². The molecule has 0 amide bonds. The number of aromatic nitrogens is 2. The quantitative estimate of drug-likeness (QED) is 0.489. The number of nitrogens with one attached hydrogen (secondary N) is 2. The summed E-state index contributed by atoms with van der Waals surface area (Å²) in [5.41, 5.74) is 3.06. The van der Waals surface area contributed by atoms with Crippen LogP contribution in [-0.4, -0.2) is 35.0 Å². The fraction of sp³-hybridized carbons (Fsp3) is 0.364. The van der Waals surface area contributed by atoms with Gasteiger partial charge in [-0.15, -0.1) is 0 Å². The van der Waals surface area contributed by atoms with Crippen LogP contribution in [0.25, 0.3) is 5.65 Å². The lowest BCUT2D eigenvalue weighted by atomic mass is 9.96. The minimum atomic E-state index is -0.176. The van der Waals surface area contributed by atoms with Crippen molar-refractivity contribution in [3.63, 3.8) is 0 Å². The van der Waals surface area contributed by atoms with Crippen LogP contribution in [0.15, 0.2) is 59.9 Å². The first-order valence-electron chi connectivity index (χ1n) is 9.89. The molecule has 2 heterocycles. The predicted octanol–water partition coefficient (Wildman–Crippen LogP) is 3.30. The zero-order chi connectivity index (χ0) is 19.4. The maximum atomic E-state index is 13.6. The summed E-state index contributed by atoms with van der Waals surface area (Å²) in [7, 11) is 0. The number of nitrogens with zero attached hydrogens (tertiary/aromatic N) is 3. The van der Waals surface area contributed by atoms with Gasteiger partial charge in [0.15, 0.2) is 5.96 Å². The molecule has 0 unspecified atom stereocenters. The van der Waals surface area contributed by atoms with E-state index in [1.165, 1.54) is 6.07 Å². The highest BCUT2D eigenvalue weighted by molar-refractivity contribution is 5.79. The Kier molecular flexibility index (Phi) is 5.28. The molecule has 1 saturated carbocycles. The molecule has 4 rings (SSSR count). The number of aliphatic imine (C=N–C) groups is 1. The van der Waals surface area contributed by atoms with Crippen molar-refractivity contribution in [2.24, 2.45) is 4.99 Å². The Morgan fingerprint density at radius 2 is 2.11 bits per heavy atom. The smallest absolute Gasteiger partial charge is 0.191 e. The summed E-state index contributed by atoms with van der Waals surface area (Å²) in [6.07, 6.45) is 7.00. The van der Waals surface area contributed by atoms with Crippen molar-refractivity contribution < 1.29 is 4.39 Å². The van der Waals surface area contributed by atoms with Crippen molar-refractivity contribution in [2.45, 2.75) is 31.6 Å². The van der Waals surface area contributed by atoms with E-state index in [2.05, 4.69) is 28.7 Å². The molecule has 1 fully saturated rings. The third-order valence-corrected chi connectivity index (χ3v) is 5.26. The van der Waals surface area contributed by atoms with Crippen LogP contribution < -0.4 is 10.6 Å². The standard InChI is InChI=1S/C22H26FN5/c1-2-24-21(25-12-9-19-15-28-13-4-3-8-20(28)27-19)26-16-22(10-11-22)17-6-5-7-18(23)14-17/h3-8,13-15H,2,9-12,16H2,1H3,(H2,24,25,26). The highest BCUT2D eigenvalue weighted by Crippen LogP contribution is 2.48. The average Bonchev–Trinajstić information content (AvgIpc) is 3.38. The lowest BCUT2D eigenvalue weighted by molar-refractivity contribution is 0.615. The second-order valence-electron chi connectivity index (χ2n) is 7.36. The summed E-state index contributed by atoms with van der Waals surface area (Å²) in [6.45, 7) is 4.27. The topological polar surface area (TPSA) is 53.7 Å². The molecule has 2 N–H and O–H groups in total. The summed E-state index contributed by atoms with van der Waals surface area (Å²) in [5, 5.41) is 6.69. The highest BCUT2D eigenvalue weighted by Gasteiger charge is 2.44. The van der Waals surface area contributed by atoms with Gasteiger partial charge in [0.25, 0.3) is 0 Å². The van der Waals surface area contributed by atoms with E-state index in [4.69, 9.17) is 4.99 Å². The van der Waals surface area contributed by atoms with Gasteiger partial charge >= 0.3 is 0 Å². The second-order valence-corrected chi connectivity index (χ2v) is 7.36. The Morgan fingerprint density at radius 1 is 1.21 bits per heavy atom. The van der Waals surface area contributed by atoms with E-state index >= 15 is 0 Å². The van der Waals surface area contributed by atoms with Gasteiger partial charge in [0, 0.05) is 37.3 Å². The lowest BCUT2D eigenvalue weighted by Crippen LogP contribution is -2.39. The first-order chi connectivity index (χ1) is 13.7. The molecule has 0 spiro atoms. The molecule has 0 bridgehead atoms. The summed E-state index contributed by atoms with van der Waals surface area (Å²) in [6, 6.07) is 12.9. The van der Waals surface area contributed by atoms with Crippen LogP contribution in [0.5, 0.6) is 0 Å². The molecule has 0 aliphatic heterocycles. The molecule has 0 atom stereocenters.